The Morgan fingerprint density at radius 3 is 2.97 bits per heavy atom. The second-order valence-electron chi connectivity index (χ2n) is 6.64. The Hall–Kier alpha value is -3.20. The van der Waals surface area contributed by atoms with E-state index < -0.39 is 10.0 Å². The molecule has 2 aromatic rings. The molecule has 0 spiro atoms. The zero-order valence-electron chi connectivity index (χ0n) is 15.6. The molecule has 1 amide bonds. The van der Waals surface area contributed by atoms with Crippen molar-refractivity contribution in [3.63, 3.8) is 0 Å². The standard InChI is InChI=1S/C20H20N4O4S/c25-20(16-7-8-18-23-29(26,27)13-11-24(18)14-16)22-10-3-12-28-17-6-1-4-15-5-2-9-21-19(15)17/h1-2,4-9,14H,3,10-13H2,(H,22,25). The summed E-state index contributed by atoms with van der Waals surface area (Å²) in [5.41, 5.74) is 1.28. The van der Waals surface area contributed by atoms with Gasteiger partial charge in [0.2, 0.25) is 0 Å². The minimum absolute atomic E-state index is 0.0594. The SMILES string of the molecule is O=C(NCCCOc1cccc2cccnc12)C1=CN2CCS(=O)(=O)N=C2C=C1. The molecule has 0 unspecified atom stereocenters. The lowest BCUT2D eigenvalue weighted by Gasteiger charge is -2.26. The highest BCUT2D eigenvalue weighted by Gasteiger charge is 2.24. The zero-order valence-corrected chi connectivity index (χ0v) is 16.4. The van der Waals surface area contributed by atoms with Gasteiger partial charge in [-0.15, -0.1) is 4.40 Å². The van der Waals surface area contributed by atoms with E-state index in [1.165, 1.54) is 0 Å². The molecule has 0 bridgehead atoms. The highest BCUT2D eigenvalue weighted by molar-refractivity contribution is 7.90. The minimum Gasteiger partial charge on any atom is -0.491 e. The van der Waals surface area contributed by atoms with E-state index in [0.717, 1.165) is 16.7 Å². The van der Waals surface area contributed by atoms with E-state index in [4.69, 9.17) is 4.74 Å². The van der Waals surface area contributed by atoms with Crippen LogP contribution in [-0.4, -0.2) is 55.5 Å². The number of aromatic nitrogens is 1. The van der Waals surface area contributed by atoms with Crippen LogP contribution in [0.4, 0.5) is 0 Å². The molecule has 9 heteroatoms. The van der Waals surface area contributed by atoms with Crippen LogP contribution in [0.5, 0.6) is 5.75 Å². The van der Waals surface area contributed by atoms with Crippen LogP contribution in [0.3, 0.4) is 0 Å². The average Bonchev–Trinajstić information content (AvgIpc) is 2.72. The summed E-state index contributed by atoms with van der Waals surface area (Å²) in [4.78, 5) is 18.4. The van der Waals surface area contributed by atoms with Crippen molar-refractivity contribution in [2.24, 2.45) is 4.40 Å². The van der Waals surface area contributed by atoms with Gasteiger partial charge in [0, 0.05) is 30.9 Å². The zero-order chi connectivity index (χ0) is 20.3. The first-order chi connectivity index (χ1) is 14.0. The number of rotatable bonds is 6. The minimum atomic E-state index is -3.40. The Morgan fingerprint density at radius 1 is 1.21 bits per heavy atom. The number of carbonyl (C=O) groups excluding carboxylic acids is 1. The van der Waals surface area contributed by atoms with Gasteiger partial charge in [0.05, 0.1) is 17.9 Å². The number of para-hydroxylation sites is 1. The maximum atomic E-state index is 12.3. The molecular weight excluding hydrogens is 392 g/mol. The summed E-state index contributed by atoms with van der Waals surface area (Å²) in [6, 6.07) is 9.65. The van der Waals surface area contributed by atoms with Gasteiger partial charge in [0.1, 0.15) is 17.1 Å². The van der Waals surface area contributed by atoms with Crippen LogP contribution in [0.15, 0.2) is 64.9 Å². The fourth-order valence-corrected chi connectivity index (χ4v) is 4.06. The third kappa shape index (κ3) is 4.45. The van der Waals surface area contributed by atoms with Crippen molar-refractivity contribution in [2.45, 2.75) is 6.42 Å². The predicted octanol–water partition coefficient (Wildman–Crippen LogP) is 1.62. The van der Waals surface area contributed by atoms with Crippen LogP contribution in [0.1, 0.15) is 6.42 Å². The predicted molar refractivity (Wildman–Crippen MR) is 110 cm³/mol. The van der Waals surface area contributed by atoms with Gasteiger partial charge in [-0.25, -0.2) is 8.42 Å². The third-order valence-electron chi connectivity index (χ3n) is 4.55. The maximum Gasteiger partial charge on any atom is 0.256 e. The normalized spacial score (nSPS) is 17.3. The summed E-state index contributed by atoms with van der Waals surface area (Å²) in [5, 5.41) is 3.87. The lowest BCUT2D eigenvalue weighted by molar-refractivity contribution is -0.117. The molecule has 0 aliphatic carbocycles. The van der Waals surface area contributed by atoms with E-state index in [1.54, 1.807) is 29.4 Å². The fourth-order valence-electron chi connectivity index (χ4n) is 3.09. The molecule has 1 aromatic heterocycles. The Labute approximate surface area is 168 Å². The molecule has 150 valence electrons. The number of amidine groups is 1. The van der Waals surface area contributed by atoms with Crippen molar-refractivity contribution in [1.82, 2.24) is 15.2 Å². The molecule has 2 aliphatic rings. The first-order valence-electron chi connectivity index (χ1n) is 9.26. The van der Waals surface area contributed by atoms with Crippen molar-refractivity contribution in [3.8, 4) is 5.75 Å². The van der Waals surface area contributed by atoms with Gasteiger partial charge in [-0.05, 0) is 30.7 Å². The first kappa shape index (κ1) is 19.1. The number of ether oxygens (including phenoxy) is 1. The second-order valence-corrected chi connectivity index (χ2v) is 8.39. The molecule has 0 saturated heterocycles. The summed E-state index contributed by atoms with van der Waals surface area (Å²) in [6.07, 6.45) is 7.11. The van der Waals surface area contributed by atoms with Crippen molar-refractivity contribution < 1.29 is 17.9 Å². The van der Waals surface area contributed by atoms with Crippen LogP contribution in [-0.2, 0) is 14.8 Å². The number of amides is 1. The molecular formula is C20H20N4O4S. The molecule has 8 nitrogen and oxygen atoms in total. The highest BCUT2D eigenvalue weighted by atomic mass is 32.2. The molecule has 1 aromatic carbocycles. The third-order valence-corrected chi connectivity index (χ3v) is 5.71. The molecule has 1 N–H and O–H groups in total. The second kappa shape index (κ2) is 8.04. The van der Waals surface area contributed by atoms with E-state index in [0.29, 0.717) is 31.0 Å². The highest BCUT2D eigenvalue weighted by Crippen LogP contribution is 2.23. The van der Waals surface area contributed by atoms with Crippen molar-refractivity contribution in [2.75, 3.05) is 25.4 Å². The van der Waals surface area contributed by atoms with Crippen LogP contribution in [0.2, 0.25) is 0 Å². The largest absolute Gasteiger partial charge is 0.491 e. The van der Waals surface area contributed by atoms with E-state index in [9.17, 15) is 13.2 Å². The molecule has 0 fully saturated rings. The molecule has 0 atom stereocenters. The van der Waals surface area contributed by atoms with Gasteiger partial charge in [-0.3, -0.25) is 9.78 Å². The van der Waals surface area contributed by atoms with Crippen LogP contribution in [0.25, 0.3) is 10.9 Å². The van der Waals surface area contributed by atoms with Crippen molar-refractivity contribution in [3.05, 3.63) is 60.5 Å². The average molecular weight is 412 g/mol. The summed E-state index contributed by atoms with van der Waals surface area (Å²) in [5.74, 6) is 0.778. The van der Waals surface area contributed by atoms with Crippen LogP contribution >= 0.6 is 0 Å². The quantitative estimate of drug-likeness (QED) is 0.724. The van der Waals surface area contributed by atoms with Gasteiger partial charge in [0.15, 0.2) is 0 Å². The van der Waals surface area contributed by atoms with E-state index in [-0.39, 0.29) is 18.2 Å². The molecule has 4 rings (SSSR count). The van der Waals surface area contributed by atoms with Gasteiger partial charge in [-0.2, -0.15) is 0 Å². The monoisotopic (exact) mass is 412 g/mol. The molecule has 2 aliphatic heterocycles. The fraction of sp³-hybridized carbons (Fsp3) is 0.250. The molecule has 3 heterocycles. The van der Waals surface area contributed by atoms with Crippen LogP contribution in [0, 0.1) is 0 Å². The Bertz CT molecular complexity index is 1130. The summed E-state index contributed by atoms with van der Waals surface area (Å²) in [6.45, 7) is 1.19. The lowest BCUT2D eigenvalue weighted by atomic mass is 10.2. The number of pyridine rings is 1. The first-order valence-corrected chi connectivity index (χ1v) is 10.9. The van der Waals surface area contributed by atoms with E-state index >= 15 is 0 Å². The topological polar surface area (TPSA) is 101 Å². The van der Waals surface area contributed by atoms with E-state index in [1.807, 2.05) is 30.3 Å². The lowest BCUT2D eigenvalue weighted by Crippen LogP contribution is -2.38. The summed E-state index contributed by atoms with van der Waals surface area (Å²) in [7, 11) is -3.40. The number of hydrogen-bond acceptors (Lipinski definition) is 6. The van der Waals surface area contributed by atoms with Gasteiger partial charge in [-0.1, -0.05) is 18.2 Å². The Kier molecular flexibility index (Phi) is 5.30. The number of carbonyl (C=O) groups is 1. The number of benzene rings is 1. The number of nitrogens with zero attached hydrogens (tertiary/aromatic N) is 3. The maximum absolute atomic E-state index is 12.3. The molecule has 0 radical (unpaired) electrons. The summed E-state index contributed by atoms with van der Waals surface area (Å²) < 4.78 is 32.6. The van der Waals surface area contributed by atoms with Crippen LogP contribution < -0.4 is 10.1 Å². The molecule has 29 heavy (non-hydrogen) atoms. The van der Waals surface area contributed by atoms with Gasteiger partial charge < -0.3 is 15.0 Å². The smallest absolute Gasteiger partial charge is 0.256 e. The van der Waals surface area contributed by atoms with Crippen molar-refractivity contribution in [1.29, 1.82) is 0 Å². The van der Waals surface area contributed by atoms with Gasteiger partial charge >= 0.3 is 0 Å². The number of nitrogens with one attached hydrogen (secondary N) is 1. The van der Waals surface area contributed by atoms with Gasteiger partial charge in [0.25, 0.3) is 15.9 Å². The molecule has 0 saturated carbocycles. The summed E-state index contributed by atoms with van der Waals surface area (Å²) >= 11 is 0. The van der Waals surface area contributed by atoms with E-state index in [2.05, 4.69) is 14.7 Å². The Morgan fingerprint density at radius 2 is 2.07 bits per heavy atom. The van der Waals surface area contributed by atoms with Crippen molar-refractivity contribution >= 4 is 32.7 Å². The number of sulfonamides is 1. The number of fused-ring (bicyclic) bond motifs is 2. The number of hydrogen-bond donors (Lipinski definition) is 1. The Balaban J connectivity index is 1.27.